The van der Waals surface area contributed by atoms with Crippen LogP contribution in [0.2, 0.25) is 0 Å². The maximum Gasteiger partial charge on any atom is 0.115 e. The van der Waals surface area contributed by atoms with E-state index in [1.165, 1.54) is 0 Å². The van der Waals surface area contributed by atoms with Gasteiger partial charge in [-0.3, -0.25) is 4.99 Å². The maximum atomic E-state index is 9.12. The van der Waals surface area contributed by atoms with Gasteiger partial charge in [0.2, 0.25) is 0 Å². The highest BCUT2D eigenvalue weighted by Crippen LogP contribution is 2.07. The van der Waals surface area contributed by atoms with Crippen molar-refractivity contribution < 1.29 is 5.11 Å². The van der Waals surface area contributed by atoms with Gasteiger partial charge in [-0.05, 0) is 36.2 Å². The number of rotatable bonds is 5. The van der Waals surface area contributed by atoms with Crippen LogP contribution in [0.15, 0.2) is 48.0 Å². The molecule has 4 heteroatoms. The minimum Gasteiger partial charge on any atom is -0.508 e. The molecule has 0 saturated heterocycles. The van der Waals surface area contributed by atoms with Crippen molar-refractivity contribution in [2.24, 2.45) is 4.99 Å². The lowest BCUT2D eigenvalue weighted by Crippen LogP contribution is -1.96. The van der Waals surface area contributed by atoms with Crippen molar-refractivity contribution in [3.05, 3.63) is 48.5 Å². The minimum atomic E-state index is 0.280. The Labute approximate surface area is 100 Å². The van der Waals surface area contributed by atoms with Gasteiger partial charge in [0, 0.05) is 31.7 Å². The predicted molar refractivity (Wildman–Crippen MR) is 67.4 cm³/mol. The third kappa shape index (κ3) is 3.75. The summed E-state index contributed by atoms with van der Waals surface area (Å²) in [7, 11) is 0. The summed E-state index contributed by atoms with van der Waals surface area (Å²) in [5.41, 5.74) is 1.01. The molecule has 0 aliphatic carbocycles. The van der Waals surface area contributed by atoms with Crippen molar-refractivity contribution in [1.82, 2.24) is 9.55 Å². The van der Waals surface area contributed by atoms with Gasteiger partial charge in [0.05, 0.1) is 6.33 Å². The van der Waals surface area contributed by atoms with E-state index in [0.717, 1.165) is 25.1 Å². The zero-order valence-corrected chi connectivity index (χ0v) is 9.53. The van der Waals surface area contributed by atoms with E-state index in [1.54, 1.807) is 18.3 Å². The molecule has 2 aromatic rings. The van der Waals surface area contributed by atoms with Crippen LogP contribution < -0.4 is 0 Å². The minimum absolute atomic E-state index is 0.280. The van der Waals surface area contributed by atoms with Gasteiger partial charge in [-0.1, -0.05) is 0 Å². The lowest BCUT2D eigenvalue weighted by molar-refractivity contribution is 0.475. The van der Waals surface area contributed by atoms with Crippen molar-refractivity contribution in [3.63, 3.8) is 0 Å². The molecular formula is C13H15N3O. The molecule has 1 aromatic carbocycles. The van der Waals surface area contributed by atoms with Crippen LogP contribution in [0.4, 0.5) is 0 Å². The van der Waals surface area contributed by atoms with Gasteiger partial charge in [-0.2, -0.15) is 0 Å². The number of aromatic hydroxyl groups is 1. The van der Waals surface area contributed by atoms with E-state index in [1.807, 2.05) is 35.4 Å². The van der Waals surface area contributed by atoms with Gasteiger partial charge in [-0.25, -0.2) is 4.98 Å². The monoisotopic (exact) mass is 229 g/mol. The molecule has 2 rings (SSSR count). The maximum absolute atomic E-state index is 9.12. The van der Waals surface area contributed by atoms with Gasteiger partial charge < -0.3 is 9.67 Å². The number of phenols is 1. The summed E-state index contributed by atoms with van der Waals surface area (Å²) in [6, 6.07) is 7.00. The zero-order valence-electron chi connectivity index (χ0n) is 9.53. The van der Waals surface area contributed by atoms with Crippen LogP contribution in [0.25, 0.3) is 0 Å². The molecule has 88 valence electrons. The number of imidazole rings is 1. The zero-order chi connectivity index (χ0) is 11.9. The topological polar surface area (TPSA) is 50.4 Å². The second-order valence-electron chi connectivity index (χ2n) is 3.78. The molecule has 0 radical (unpaired) electrons. The summed E-state index contributed by atoms with van der Waals surface area (Å²) < 4.78 is 2.04. The van der Waals surface area contributed by atoms with Crippen molar-refractivity contribution in [3.8, 4) is 5.75 Å². The Morgan fingerprint density at radius 3 is 2.82 bits per heavy atom. The van der Waals surface area contributed by atoms with Crippen molar-refractivity contribution in [1.29, 1.82) is 0 Å². The first-order valence-corrected chi connectivity index (χ1v) is 5.59. The SMILES string of the molecule is Oc1ccc(C=NCCCn2ccnc2)cc1. The quantitative estimate of drug-likeness (QED) is 0.630. The molecule has 1 heterocycles. The number of aliphatic imine (C=N–C) groups is 1. The van der Waals surface area contributed by atoms with Gasteiger partial charge in [0.15, 0.2) is 0 Å². The van der Waals surface area contributed by atoms with E-state index in [2.05, 4.69) is 9.98 Å². The Bertz CT molecular complexity index is 460. The average molecular weight is 229 g/mol. The number of hydrogen-bond donors (Lipinski definition) is 1. The molecule has 4 nitrogen and oxygen atoms in total. The van der Waals surface area contributed by atoms with E-state index in [-0.39, 0.29) is 5.75 Å². The van der Waals surface area contributed by atoms with Gasteiger partial charge in [0.1, 0.15) is 5.75 Å². The number of aromatic nitrogens is 2. The molecule has 0 fully saturated rings. The van der Waals surface area contributed by atoms with E-state index in [0.29, 0.717) is 0 Å². The van der Waals surface area contributed by atoms with Gasteiger partial charge in [0.25, 0.3) is 0 Å². The second-order valence-corrected chi connectivity index (χ2v) is 3.78. The van der Waals surface area contributed by atoms with Crippen LogP contribution in [-0.2, 0) is 6.54 Å². The molecule has 1 N–H and O–H groups in total. The summed E-state index contributed by atoms with van der Waals surface area (Å²) >= 11 is 0. The summed E-state index contributed by atoms with van der Waals surface area (Å²) in [5, 5.41) is 9.12. The molecule has 0 spiro atoms. The van der Waals surface area contributed by atoms with Crippen LogP contribution in [-0.4, -0.2) is 27.4 Å². The molecule has 0 atom stereocenters. The Morgan fingerprint density at radius 2 is 2.12 bits per heavy atom. The fourth-order valence-electron chi connectivity index (χ4n) is 1.49. The number of hydrogen-bond acceptors (Lipinski definition) is 3. The molecule has 0 unspecified atom stereocenters. The number of nitrogens with zero attached hydrogens (tertiary/aromatic N) is 3. The fourth-order valence-corrected chi connectivity index (χ4v) is 1.49. The smallest absolute Gasteiger partial charge is 0.115 e. The molecule has 0 aliphatic heterocycles. The van der Waals surface area contributed by atoms with E-state index in [4.69, 9.17) is 5.11 Å². The van der Waals surface area contributed by atoms with Crippen LogP contribution in [0, 0.1) is 0 Å². The molecule has 1 aromatic heterocycles. The normalized spacial score (nSPS) is 11.1. The molecule has 0 saturated carbocycles. The Morgan fingerprint density at radius 1 is 1.29 bits per heavy atom. The Kier molecular flexibility index (Phi) is 3.91. The third-order valence-electron chi connectivity index (χ3n) is 2.40. The highest BCUT2D eigenvalue weighted by Gasteiger charge is 1.90. The Balaban J connectivity index is 1.73. The first-order valence-electron chi connectivity index (χ1n) is 5.59. The average Bonchev–Trinajstić information content (AvgIpc) is 2.84. The predicted octanol–water partition coefficient (Wildman–Crippen LogP) is 2.10. The standard InChI is InChI=1S/C13H15N3O/c17-13-4-2-12(3-5-13)10-14-6-1-8-16-9-7-15-11-16/h2-5,7,9-11,17H,1,6,8H2. The number of benzene rings is 1. The van der Waals surface area contributed by atoms with E-state index >= 15 is 0 Å². The summed E-state index contributed by atoms with van der Waals surface area (Å²) in [4.78, 5) is 8.31. The third-order valence-corrected chi connectivity index (χ3v) is 2.40. The largest absolute Gasteiger partial charge is 0.508 e. The summed E-state index contributed by atoms with van der Waals surface area (Å²) in [5.74, 6) is 0.280. The second kappa shape index (κ2) is 5.84. The number of phenolic OH excluding ortho intramolecular Hbond substituents is 1. The van der Waals surface area contributed by atoms with E-state index in [9.17, 15) is 0 Å². The lowest BCUT2D eigenvalue weighted by Gasteiger charge is -1.98. The van der Waals surface area contributed by atoms with Crippen molar-refractivity contribution in [2.75, 3.05) is 6.54 Å². The Hall–Kier alpha value is -2.10. The highest BCUT2D eigenvalue weighted by atomic mass is 16.3. The van der Waals surface area contributed by atoms with Crippen LogP contribution >= 0.6 is 0 Å². The lowest BCUT2D eigenvalue weighted by atomic mass is 10.2. The van der Waals surface area contributed by atoms with Crippen molar-refractivity contribution >= 4 is 6.21 Å². The molecule has 17 heavy (non-hydrogen) atoms. The van der Waals surface area contributed by atoms with Gasteiger partial charge >= 0.3 is 0 Å². The molecule has 0 amide bonds. The van der Waals surface area contributed by atoms with Crippen molar-refractivity contribution in [2.45, 2.75) is 13.0 Å². The molecule has 0 aliphatic rings. The summed E-state index contributed by atoms with van der Waals surface area (Å²) in [6.45, 7) is 1.73. The van der Waals surface area contributed by atoms with Crippen LogP contribution in [0.5, 0.6) is 5.75 Å². The molecule has 0 bridgehead atoms. The van der Waals surface area contributed by atoms with Gasteiger partial charge in [-0.15, -0.1) is 0 Å². The molecular weight excluding hydrogens is 214 g/mol. The van der Waals surface area contributed by atoms with Crippen LogP contribution in [0.1, 0.15) is 12.0 Å². The first-order chi connectivity index (χ1) is 8.34. The van der Waals surface area contributed by atoms with Crippen LogP contribution in [0.3, 0.4) is 0 Å². The highest BCUT2D eigenvalue weighted by molar-refractivity contribution is 5.79. The summed E-state index contributed by atoms with van der Waals surface area (Å²) in [6.07, 6.45) is 8.35. The first kappa shape index (κ1) is 11.4. The fraction of sp³-hybridized carbons (Fsp3) is 0.231. The number of aryl methyl sites for hydroxylation is 1. The van der Waals surface area contributed by atoms with E-state index < -0.39 is 0 Å².